The molecule has 0 aliphatic carbocycles. The molecule has 7 heteroatoms. The predicted molar refractivity (Wildman–Crippen MR) is 189 cm³/mol. The molecule has 222 valence electrons. The third-order valence-electron chi connectivity index (χ3n) is 8.86. The summed E-state index contributed by atoms with van der Waals surface area (Å²) >= 11 is 0. The van der Waals surface area contributed by atoms with E-state index in [-0.39, 0.29) is 0 Å². The van der Waals surface area contributed by atoms with E-state index in [1.807, 2.05) is 91.0 Å². The summed E-state index contributed by atoms with van der Waals surface area (Å²) in [4.78, 5) is 15.1. The first kappa shape index (κ1) is 27.2. The average Bonchev–Trinajstić information content (AvgIpc) is 3.68. The summed E-state index contributed by atoms with van der Waals surface area (Å²) in [6, 6.07) is 50.4. The lowest BCUT2D eigenvalue weighted by Crippen LogP contribution is -2.06. The van der Waals surface area contributed by atoms with E-state index in [9.17, 15) is 10.5 Å². The minimum absolute atomic E-state index is 0.426. The van der Waals surface area contributed by atoms with Gasteiger partial charge in [-0.3, -0.25) is 4.57 Å². The van der Waals surface area contributed by atoms with E-state index in [4.69, 9.17) is 15.0 Å². The number of para-hydroxylation sites is 3. The van der Waals surface area contributed by atoms with Crippen molar-refractivity contribution >= 4 is 43.6 Å². The van der Waals surface area contributed by atoms with Gasteiger partial charge in [-0.25, -0.2) is 4.98 Å². The lowest BCUT2D eigenvalue weighted by Gasteiger charge is -2.13. The van der Waals surface area contributed by atoms with Crippen LogP contribution in [0.4, 0.5) is 0 Å². The Bertz CT molecular complexity index is 2710. The van der Waals surface area contributed by atoms with Crippen LogP contribution in [0.2, 0.25) is 0 Å². The lowest BCUT2D eigenvalue weighted by atomic mass is 10.1. The molecular formula is C41H23N7. The Kier molecular flexibility index (Phi) is 6.11. The van der Waals surface area contributed by atoms with Gasteiger partial charge in [0, 0.05) is 32.7 Å². The summed E-state index contributed by atoms with van der Waals surface area (Å²) in [5.74, 6) is 1.63. The van der Waals surface area contributed by atoms with E-state index in [1.165, 1.54) is 0 Å². The number of benzene rings is 6. The largest absolute Gasteiger partial charge is 0.306 e. The smallest absolute Gasteiger partial charge is 0.238 e. The summed E-state index contributed by atoms with van der Waals surface area (Å²) in [7, 11) is 0. The van der Waals surface area contributed by atoms with Gasteiger partial charge in [-0.1, -0.05) is 109 Å². The monoisotopic (exact) mass is 613 g/mol. The molecular weight excluding hydrogens is 591 g/mol. The Balaban J connectivity index is 1.46. The summed E-state index contributed by atoms with van der Waals surface area (Å²) in [6.07, 6.45) is 0. The quantitative estimate of drug-likeness (QED) is 0.197. The molecule has 0 aliphatic rings. The van der Waals surface area contributed by atoms with Crippen LogP contribution in [0.3, 0.4) is 0 Å². The normalized spacial score (nSPS) is 11.3. The number of nitriles is 2. The van der Waals surface area contributed by atoms with Gasteiger partial charge >= 0.3 is 0 Å². The molecule has 0 atom stereocenters. The summed E-state index contributed by atoms with van der Waals surface area (Å²) in [5, 5.41) is 24.5. The number of aromatic nitrogens is 5. The van der Waals surface area contributed by atoms with Crippen molar-refractivity contribution in [2.45, 2.75) is 0 Å². The molecule has 0 aliphatic heterocycles. The molecule has 7 nitrogen and oxygen atoms in total. The van der Waals surface area contributed by atoms with Crippen molar-refractivity contribution in [1.82, 2.24) is 24.1 Å². The molecule has 0 amide bonds. The Morgan fingerprint density at radius 3 is 1.58 bits per heavy atom. The van der Waals surface area contributed by atoms with Crippen LogP contribution in [0, 0.1) is 22.7 Å². The Morgan fingerprint density at radius 1 is 0.438 bits per heavy atom. The second-order valence-corrected chi connectivity index (χ2v) is 11.5. The maximum atomic E-state index is 10.3. The molecule has 9 aromatic rings. The number of hydrogen-bond donors (Lipinski definition) is 0. The van der Waals surface area contributed by atoms with Gasteiger partial charge in [0.1, 0.15) is 12.1 Å². The van der Waals surface area contributed by atoms with Crippen LogP contribution in [0.25, 0.3) is 78.0 Å². The molecule has 6 aromatic carbocycles. The fraction of sp³-hybridized carbons (Fsp3) is 0. The maximum absolute atomic E-state index is 10.3. The van der Waals surface area contributed by atoms with Gasteiger partial charge in [0.25, 0.3) is 0 Å². The van der Waals surface area contributed by atoms with Crippen molar-refractivity contribution in [2.24, 2.45) is 0 Å². The van der Waals surface area contributed by atoms with Crippen LogP contribution >= 0.6 is 0 Å². The molecule has 0 unspecified atom stereocenters. The van der Waals surface area contributed by atoms with Gasteiger partial charge in [-0.2, -0.15) is 20.5 Å². The van der Waals surface area contributed by atoms with E-state index in [0.29, 0.717) is 34.4 Å². The number of fused-ring (bicyclic) bond motifs is 7. The van der Waals surface area contributed by atoms with E-state index >= 15 is 0 Å². The molecule has 0 saturated carbocycles. The first-order valence-electron chi connectivity index (χ1n) is 15.5. The van der Waals surface area contributed by atoms with Crippen LogP contribution < -0.4 is 0 Å². The van der Waals surface area contributed by atoms with E-state index in [1.54, 1.807) is 18.2 Å². The number of rotatable bonds is 4. The first-order valence-corrected chi connectivity index (χ1v) is 15.5. The van der Waals surface area contributed by atoms with Crippen LogP contribution in [-0.2, 0) is 0 Å². The van der Waals surface area contributed by atoms with Crippen molar-refractivity contribution in [3.8, 4) is 46.5 Å². The molecule has 0 radical (unpaired) electrons. The van der Waals surface area contributed by atoms with E-state index in [0.717, 1.165) is 54.7 Å². The van der Waals surface area contributed by atoms with Crippen LogP contribution in [-0.4, -0.2) is 24.1 Å². The molecule has 0 spiro atoms. The highest BCUT2D eigenvalue weighted by Crippen LogP contribution is 2.42. The van der Waals surface area contributed by atoms with Crippen LogP contribution in [0.5, 0.6) is 0 Å². The predicted octanol–water partition coefficient (Wildman–Crippen LogP) is 9.14. The molecule has 0 saturated heterocycles. The Morgan fingerprint density at radius 2 is 0.979 bits per heavy atom. The van der Waals surface area contributed by atoms with Gasteiger partial charge in [0.2, 0.25) is 5.95 Å². The molecule has 0 N–H and O–H groups in total. The summed E-state index contributed by atoms with van der Waals surface area (Å²) in [5.41, 5.74) is 6.83. The highest BCUT2D eigenvalue weighted by atomic mass is 15.2. The minimum atomic E-state index is 0.426. The van der Waals surface area contributed by atoms with Crippen molar-refractivity contribution in [1.29, 1.82) is 10.5 Å². The van der Waals surface area contributed by atoms with E-state index < -0.39 is 0 Å². The Hall–Kier alpha value is -7.09. The van der Waals surface area contributed by atoms with Crippen LogP contribution in [0.1, 0.15) is 11.1 Å². The maximum Gasteiger partial charge on any atom is 0.238 e. The van der Waals surface area contributed by atoms with Gasteiger partial charge < -0.3 is 4.57 Å². The van der Waals surface area contributed by atoms with Crippen molar-refractivity contribution in [2.75, 3.05) is 0 Å². The second kappa shape index (κ2) is 10.8. The standard InChI is InChI=1S/C41H23N7/c42-24-28-16-11-17-29(25-43)37(28)48-33-20-9-7-18-30(33)31-22-23-35-36(38(31)48)32-19-8-10-21-34(32)47(35)41-45-39(26-12-3-1-4-13-26)44-40(46-41)27-14-5-2-6-15-27/h1-23H. The zero-order valence-electron chi connectivity index (χ0n) is 25.4. The molecule has 9 rings (SSSR count). The van der Waals surface area contributed by atoms with Crippen LogP contribution in [0.15, 0.2) is 140 Å². The third kappa shape index (κ3) is 4.02. The molecule has 48 heavy (non-hydrogen) atoms. The fourth-order valence-electron chi connectivity index (χ4n) is 6.82. The molecule has 0 fully saturated rings. The summed E-state index contributed by atoms with van der Waals surface area (Å²) < 4.78 is 4.17. The fourth-order valence-corrected chi connectivity index (χ4v) is 6.82. The first-order chi connectivity index (χ1) is 23.7. The zero-order chi connectivity index (χ0) is 32.2. The average molecular weight is 614 g/mol. The van der Waals surface area contributed by atoms with Crippen molar-refractivity contribution in [3.63, 3.8) is 0 Å². The summed E-state index contributed by atoms with van der Waals surface area (Å²) in [6.45, 7) is 0. The molecule has 0 bridgehead atoms. The SMILES string of the molecule is N#Cc1cccc(C#N)c1-n1c2ccccc2c2ccc3c(c4ccccc4n3-c3nc(-c4ccccc4)nc(-c4ccccc4)n3)c21. The van der Waals surface area contributed by atoms with Gasteiger partial charge in [0.15, 0.2) is 11.6 Å². The van der Waals surface area contributed by atoms with Gasteiger partial charge in [-0.05, 0) is 30.3 Å². The number of hydrogen-bond acceptors (Lipinski definition) is 5. The third-order valence-corrected chi connectivity index (χ3v) is 8.86. The highest BCUT2D eigenvalue weighted by molar-refractivity contribution is 6.26. The minimum Gasteiger partial charge on any atom is -0.306 e. The number of nitrogens with zero attached hydrogens (tertiary/aromatic N) is 7. The molecule has 3 aromatic heterocycles. The second-order valence-electron chi connectivity index (χ2n) is 11.5. The van der Waals surface area contributed by atoms with Crippen molar-refractivity contribution in [3.05, 3.63) is 151 Å². The Labute approximate surface area is 274 Å². The zero-order valence-corrected chi connectivity index (χ0v) is 25.4. The van der Waals surface area contributed by atoms with Crippen molar-refractivity contribution < 1.29 is 0 Å². The molecule has 3 heterocycles. The highest BCUT2D eigenvalue weighted by Gasteiger charge is 2.24. The van der Waals surface area contributed by atoms with Gasteiger partial charge in [-0.15, -0.1) is 0 Å². The van der Waals surface area contributed by atoms with E-state index in [2.05, 4.69) is 51.6 Å². The topological polar surface area (TPSA) is 96.1 Å². The lowest BCUT2D eigenvalue weighted by molar-refractivity contribution is 0.953. The van der Waals surface area contributed by atoms with Gasteiger partial charge in [0.05, 0.1) is 38.9 Å².